The molecule has 1 aliphatic carbocycles. The maximum absolute atomic E-state index is 9.63. The molecule has 0 radical (unpaired) electrons. The number of methoxy groups -OCH3 is 1. The first-order valence-corrected chi connectivity index (χ1v) is 6.84. The van der Waals surface area contributed by atoms with Crippen molar-refractivity contribution in [2.75, 3.05) is 7.11 Å². The monoisotopic (exact) mass is 263 g/mol. The van der Waals surface area contributed by atoms with Crippen LogP contribution in [-0.4, -0.2) is 18.3 Å². The summed E-state index contributed by atoms with van der Waals surface area (Å²) in [6.45, 7) is 11.4. The molecule has 3 nitrogen and oxygen atoms in total. The van der Waals surface area contributed by atoms with Crippen LogP contribution in [0.5, 0.6) is 11.5 Å². The van der Waals surface area contributed by atoms with Gasteiger partial charge in [0.1, 0.15) is 0 Å². The van der Waals surface area contributed by atoms with Crippen molar-refractivity contribution >= 4 is 0 Å². The number of hydrogen-bond donors (Lipinski definition) is 2. The van der Waals surface area contributed by atoms with Crippen LogP contribution in [0.25, 0.3) is 0 Å². The zero-order chi connectivity index (χ0) is 14.4. The summed E-state index contributed by atoms with van der Waals surface area (Å²) in [4.78, 5) is 0. The van der Waals surface area contributed by atoms with Gasteiger partial charge in [0.2, 0.25) is 0 Å². The quantitative estimate of drug-likeness (QED) is 0.873. The van der Waals surface area contributed by atoms with Gasteiger partial charge in [0.25, 0.3) is 0 Å². The minimum atomic E-state index is 0.186. The van der Waals surface area contributed by atoms with Gasteiger partial charge in [-0.3, -0.25) is 0 Å². The van der Waals surface area contributed by atoms with E-state index in [1.807, 2.05) is 12.1 Å². The maximum atomic E-state index is 9.63. The van der Waals surface area contributed by atoms with Gasteiger partial charge in [0.15, 0.2) is 11.5 Å². The molecule has 1 saturated carbocycles. The van der Waals surface area contributed by atoms with Gasteiger partial charge in [-0.1, -0.05) is 33.8 Å². The van der Waals surface area contributed by atoms with E-state index in [9.17, 15) is 5.11 Å². The Bertz CT molecular complexity index is 466. The van der Waals surface area contributed by atoms with Crippen LogP contribution in [0.1, 0.15) is 46.2 Å². The minimum absolute atomic E-state index is 0.186. The molecule has 2 N–H and O–H groups in total. The van der Waals surface area contributed by atoms with Crippen molar-refractivity contribution < 1.29 is 9.84 Å². The fourth-order valence-corrected chi connectivity index (χ4v) is 2.92. The van der Waals surface area contributed by atoms with Crippen molar-refractivity contribution in [3.63, 3.8) is 0 Å². The molecule has 19 heavy (non-hydrogen) atoms. The first-order valence-electron chi connectivity index (χ1n) is 6.84. The number of rotatable bonds is 4. The summed E-state index contributed by atoms with van der Waals surface area (Å²) in [5.74, 6) is 0.714. The molecule has 3 heteroatoms. The molecule has 106 valence electrons. The Morgan fingerprint density at radius 2 is 1.79 bits per heavy atom. The number of ether oxygens (including phenoxy) is 1. The van der Waals surface area contributed by atoms with Gasteiger partial charge in [0, 0.05) is 12.1 Å². The number of benzene rings is 1. The molecule has 1 atom stereocenters. The van der Waals surface area contributed by atoms with Crippen LogP contribution in [0.2, 0.25) is 0 Å². The Labute approximate surface area is 116 Å². The smallest absolute Gasteiger partial charge is 0.160 e. The SMILES string of the molecule is COc1cc(C(C)NC2C(C)(C)C2(C)C)ccc1O. The molecule has 0 amide bonds. The molecule has 0 heterocycles. The Morgan fingerprint density at radius 1 is 1.21 bits per heavy atom. The Kier molecular flexibility index (Phi) is 3.29. The molecule has 1 aliphatic rings. The van der Waals surface area contributed by atoms with Gasteiger partial charge in [-0.05, 0) is 35.4 Å². The zero-order valence-electron chi connectivity index (χ0n) is 12.7. The third kappa shape index (κ3) is 2.20. The number of phenolic OH excluding ortho intramolecular Hbond substituents is 1. The van der Waals surface area contributed by atoms with Crippen LogP contribution in [0, 0.1) is 10.8 Å². The predicted molar refractivity (Wildman–Crippen MR) is 77.6 cm³/mol. The van der Waals surface area contributed by atoms with Crippen LogP contribution < -0.4 is 10.1 Å². The van der Waals surface area contributed by atoms with Crippen molar-refractivity contribution in [1.82, 2.24) is 5.32 Å². The molecule has 0 spiro atoms. The summed E-state index contributed by atoms with van der Waals surface area (Å²) in [7, 11) is 1.57. The molecule has 1 unspecified atom stereocenters. The predicted octanol–water partition coefficient (Wildman–Crippen LogP) is 3.49. The fraction of sp³-hybridized carbons (Fsp3) is 0.625. The van der Waals surface area contributed by atoms with E-state index in [0.717, 1.165) is 5.56 Å². The third-order valence-corrected chi connectivity index (χ3v) is 5.14. The van der Waals surface area contributed by atoms with Gasteiger partial charge in [0.05, 0.1) is 7.11 Å². The Balaban J connectivity index is 2.12. The summed E-state index contributed by atoms with van der Waals surface area (Å²) < 4.78 is 5.16. The van der Waals surface area contributed by atoms with Crippen LogP contribution in [0.15, 0.2) is 18.2 Å². The summed E-state index contributed by atoms with van der Waals surface area (Å²) in [6.07, 6.45) is 0. The average Bonchev–Trinajstić information content (AvgIpc) is 2.72. The van der Waals surface area contributed by atoms with Gasteiger partial charge in [-0.25, -0.2) is 0 Å². The summed E-state index contributed by atoms with van der Waals surface area (Å²) >= 11 is 0. The van der Waals surface area contributed by atoms with E-state index in [1.165, 1.54) is 0 Å². The lowest BCUT2D eigenvalue weighted by atomic mass is 10.0. The number of nitrogens with one attached hydrogen (secondary N) is 1. The highest BCUT2D eigenvalue weighted by Gasteiger charge is 2.64. The molecular weight excluding hydrogens is 238 g/mol. The second-order valence-electron chi connectivity index (χ2n) is 6.70. The molecule has 0 aliphatic heterocycles. The highest BCUT2D eigenvalue weighted by molar-refractivity contribution is 5.42. The summed E-state index contributed by atoms with van der Waals surface area (Å²) in [5, 5.41) is 13.3. The minimum Gasteiger partial charge on any atom is -0.504 e. The van der Waals surface area contributed by atoms with Crippen LogP contribution in [0.4, 0.5) is 0 Å². The summed E-state index contributed by atoms with van der Waals surface area (Å²) in [6, 6.07) is 6.28. The molecule has 0 bridgehead atoms. The van der Waals surface area contributed by atoms with Crippen molar-refractivity contribution in [2.24, 2.45) is 10.8 Å². The second kappa shape index (κ2) is 4.41. The van der Waals surface area contributed by atoms with Crippen molar-refractivity contribution in [2.45, 2.75) is 46.7 Å². The first kappa shape index (κ1) is 14.2. The van der Waals surface area contributed by atoms with Crippen LogP contribution >= 0.6 is 0 Å². The normalized spacial score (nSPS) is 22.0. The van der Waals surface area contributed by atoms with Crippen LogP contribution in [-0.2, 0) is 0 Å². The lowest BCUT2D eigenvalue weighted by molar-refractivity contribution is 0.372. The third-order valence-electron chi connectivity index (χ3n) is 5.14. The fourth-order valence-electron chi connectivity index (χ4n) is 2.92. The van der Waals surface area contributed by atoms with Crippen LogP contribution in [0.3, 0.4) is 0 Å². The van der Waals surface area contributed by atoms with E-state index < -0.39 is 0 Å². The van der Waals surface area contributed by atoms with Crippen molar-refractivity contribution in [3.8, 4) is 11.5 Å². The van der Waals surface area contributed by atoms with Crippen molar-refractivity contribution in [3.05, 3.63) is 23.8 Å². The lowest BCUT2D eigenvalue weighted by Gasteiger charge is -2.17. The van der Waals surface area contributed by atoms with Gasteiger partial charge >= 0.3 is 0 Å². The van der Waals surface area contributed by atoms with E-state index in [-0.39, 0.29) is 11.8 Å². The zero-order valence-corrected chi connectivity index (χ0v) is 12.7. The molecule has 1 aromatic rings. The topological polar surface area (TPSA) is 41.5 Å². The Hall–Kier alpha value is -1.22. The summed E-state index contributed by atoms with van der Waals surface area (Å²) in [5.41, 5.74) is 1.78. The number of phenols is 1. The van der Waals surface area contributed by atoms with E-state index in [1.54, 1.807) is 13.2 Å². The molecule has 1 fully saturated rings. The highest BCUT2D eigenvalue weighted by atomic mass is 16.5. The molecular formula is C16H25NO2. The highest BCUT2D eigenvalue weighted by Crippen LogP contribution is 2.63. The lowest BCUT2D eigenvalue weighted by Crippen LogP contribution is -2.25. The molecule has 0 aromatic heterocycles. The van der Waals surface area contributed by atoms with Crippen molar-refractivity contribution in [1.29, 1.82) is 0 Å². The van der Waals surface area contributed by atoms with Gasteiger partial charge < -0.3 is 15.2 Å². The average molecular weight is 263 g/mol. The maximum Gasteiger partial charge on any atom is 0.160 e. The molecule has 0 saturated heterocycles. The van der Waals surface area contributed by atoms with E-state index in [4.69, 9.17) is 4.74 Å². The van der Waals surface area contributed by atoms with Gasteiger partial charge in [-0.2, -0.15) is 0 Å². The van der Waals surface area contributed by atoms with E-state index in [0.29, 0.717) is 22.6 Å². The first-order chi connectivity index (χ1) is 8.71. The Morgan fingerprint density at radius 3 is 2.26 bits per heavy atom. The second-order valence-corrected chi connectivity index (χ2v) is 6.70. The van der Waals surface area contributed by atoms with E-state index in [2.05, 4.69) is 39.9 Å². The molecule has 1 aromatic carbocycles. The van der Waals surface area contributed by atoms with Gasteiger partial charge in [-0.15, -0.1) is 0 Å². The number of hydrogen-bond acceptors (Lipinski definition) is 3. The molecule has 2 rings (SSSR count). The standard InChI is InChI=1S/C16H25NO2/c1-10(17-14-15(2,3)16(14,4)5)11-7-8-12(18)13(9-11)19-6/h7-10,14,17-18H,1-6H3. The largest absolute Gasteiger partial charge is 0.504 e. The number of aromatic hydroxyl groups is 1. The van der Waals surface area contributed by atoms with E-state index >= 15 is 0 Å².